The van der Waals surface area contributed by atoms with Gasteiger partial charge in [0.1, 0.15) is 11.6 Å². The lowest BCUT2D eigenvalue weighted by Crippen LogP contribution is -2.19. The zero-order valence-corrected chi connectivity index (χ0v) is 11.5. The Hall–Kier alpha value is -2.01. The SMILES string of the molecule is C[C@@H](NCc1ccc(OC(F)F)cc1)c1ccccc1F. The van der Waals surface area contributed by atoms with E-state index in [9.17, 15) is 13.2 Å². The van der Waals surface area contributed by atoms with Gasteiger partial charge in [0, 0.05) is 18.2 Å². The van der Waals surface area contributed by atoms with Crippen LogP contribution in [0.1, 0.15) is 24.1 Å². The molecule has 2 aromatic rings. The van der Waals surface area contributed by atoms with Gasteiger partial charge in [-0.1, -0.05) is 30.3 Å². The standard InChI is InChI=1S/C16H16F3NO/c1-11(14-4-2-3-5-15(14)17)20-10-12-6-8-13(9-7-12)21-16(18)19/h2-9,11,16,20H,10H2,1H3/t11-/m1/s1. The van der Waals surface area contributed by atoms with Gasteiger partial charge in [-0.3, -0.25) is 0 Å². The fourth-order valence-electron chi connectivity index (χ4n) is 2.00. The van der Waals surface area contributed by atoms with E-state index in [1.54, 1.807) is 30.3 Å². The predicted octanol–water partition coefficient (Wildman–Crippen LogP) is 4.28. The molecular formula is C16H16F3NO. The summed E-state index contributed by atoms with van der Waals surface area (Å²) in [6.07, 6.45) is 0. The Bertz CT molecular complexity index is 572. The van der Waals surface area contributed by atoms with Crippen molar-refractivity contribution in [2.45, 2.75) is 26.1 Å². The highest BCUT2D eigenvalue weighted by atomic mass is 19.3. The third-order valence-electron chi connectivity index (χ3n) is 3.13. The second-order valence-electron chi connectivity index (χ2n) is 4.65. The largest absolute Gasteiger partial charge is 0.435 e. The Balaban J connectivity index is 1.92. The average molecular weight is 295 g/mol. The van der Waals surface area contributed by atoms with Crippen LogP contribution in [0.15, 0.2) is 48.5 Å². The molecule has 0 radical (unpaired) electrons. The van der Waals surface area contributed by atoms with Crippen molar-refractivity contribution in [3.8, 4) is 5.75 Å². The number of hydrogen-bond acceptors (Lipinski definition) is 2. The zero-order chi connectivity index (χ0) is 15.2. The molecule has 2 rings (SSSR count). The smallest absolute Gasteiger partial charge is 0.387 e. The molecular weight excluding hydrogens is 279 g/mol. The summed E-state index contributed by atoms with van der Waals surface area (Å²) in [6, 6.07) is 12.8. The first-order valence-corrected chi connectivity index (χ1v) is 6.58. The number of ether oxygens (including phenoxy) is 1. The average Bonchev–Trinajstić information content (AvgIpc) is 2.46. The first-order chi connectivity index (χ1) is 10.1. The van der Waals surface area contributed by atoms with Gasteiger partial charge in [-0.2, -0.15) is 8.78 Å². The molecule has 1 atom stereocenters. The molecule has 21 heavy (non-hydrogen) atoms. The van der Waals surface area contributed by atoms with Crippen LogP contribution < -0.4 is 10.1 Å². The Labute approximate surface area is 121 Å². The highest BCUT2D eigenvalue weighted by molar-refractivity contribution is 5.27. The molecule has 0 aliphatic heterocycles. The summed E-state index contributed by atoms with van der Waals surface area (Å²) in [6.45, 7) is -0.452. The van der Waals surface area contributed by atoms with Crippen molar-refractivity contribution in [1.29, 1.82) is 0 Å². The molecule has 1 N–H and O–H groups in total. The van der Waals surface area contributed by atoms with E-state index in [2.05, 4.69) is 10.1 Å². The second-order valence-corrected chi connectivity index (χ2v) is 4.65. The summed E-state index contributed by atoms with van der Waals surface area (Å²) < 4.78 is 41.9. The summed E-state index contributed by atoms with van der Waals surface area (Å²) >= 11 is 0. The predicted molar refractivity (Wildman–Crippen MR) is 74.7 cm³/mol. The highest BCUT2D eigenvalue weighted by Crippen LogP contribution is 2.18. The first kappa shape index (κ1) is 15.4. The normalized spacial score (nSPS) is 12.4. The zero-order valence-electron chi connectivity index (χ0n) is 11.5. The van der Waals surface area contributed by atoms with E-state index in [0.717, 1.165) is 5.56 Å². The van der Waals surface area contributed by atoms with Crippen molar-refractivity contribution in [3.05, 3.63) is 65.5 Å². The van der Waals surface area contributed by atoms with Crippen molar-refractivity contribution < 1.29 is 17.9 Å². The van der Waals surface area contributed by atoms with E-state index in [1.165, 1.54) is 18.2 Å². The van der Waals surface area contributed by atoms with Gasteiger partial charge in [0.25, 0.3) is 0 Å². The van der Waals surface area contributed by atoms with Gasteiger partial charge in [-0.05, 0) is 30.7 Å². The minimum absolute atomic E-state index is 0.121. The number of halogens is 3. The van der Waals surface area contributed by atoms with Gasteiger partial charge in [-0.25, -0.2) is 4.39 Å². The third-order valence-corrected chi connectivity index (χ3v) is 3.13. The van der Waals surface area contributed by atoms with Crippen LogP contribution in [0.5, 0.6) is 5.75 Å². The van der Waals surface area contributed by atoms with Gasteiger partial charge in [0.2, 0.25) is 0 Å². The minimum atomic E-state index is -2.82. The van der Waals surface area contributed by atoms with Crippen LogP contribution in [0.25, 0.3) is 0 Å². The summed E-state index contributed by atoms with van der Waals surface area (Å²) in [5.74, 6) is -0.130. The van der Waals surface area contributed by atoms with E-state index >= 15 is 0 Å². The number of benzene rings is 2. The molecule has 0 heterocycles. The van der Waals surface area contributed by atoms with Crippen LogP contribution in [-0.4, -0.2) is 6.61 Å². The van der Waals surface area contributed by atoms with Gasteiger partial charge in [-0.15, -0.1) is 0 Å². The van der Waals surface area contributed by atoms with E-state index in [4.69, 9.17) is 0 Å². The lowest BCUT2D eigenvalue weighted by atomic mass is 10.1. The van der Waals surface area contributed by atoms with E-state index in [-0.39, 0.29) is 17.6 Å². The molecule has 0 aliphatic rings. The van der Waals surface area contributed by atoms with E-state index in [1.807, 2.05) is 6.92 Å². The van der Waals surface area contributed by atoms with Crippen molar-refractivity contribution >= 4 is 0 Å². The molecule has 2 aromatic carbocycles. The third kappa shape index (κ3) is 4.49. The highest BCUT2D eigenvalue weighted by Gasteiger charge is 2.09. The second kappa shape index (κ2) is 7.13. The minimum Gasteiger partial charge on any atom is -0.435 e. The molecule has 0 aliphatic carbocycles. The lowest BCUT2D eigenvalue weighted by Gasteiger charge is -2.15. The van der Waals surface area contributed by atoms with Crippen LogP contribution in [-0.2, 0) is 6.54 Å². The Morgan fingerprint density at radius 2 is 1.71 bits per heavy atom. The van der Waals surface area contributed by atoms with Crippen LogP contribution in [0.4, 0.5) is 13.2 Å². The number of rotatable bonds is 6. The number of hydrogen-bond donors (Lipinski definition) is 1. The van der Waals surface area contributed by atoms with E-state index < -0.39 is 6.61 Å². The van der Waals surface area contributed by atoms with Crippen molar-refractivity contribution in [3.63, 3.8) is 0 Å². The molecule has 0 saturated heterocycles. The quantitative estimate of drug-likeness (QED) is 0.859. The summed E-state index contributed by atoms with van der Waals surface area (Å²) in [5, 5.41) is 3.19. The summed E-state index contributed by atoms with van der Waals surface area (Å²) in [4.78, 5) is 0. The van der Waals surface area contributed by atoms with Gasteiger partial charge < -0.3 is 10.1 Å². The fraction of sp³-hybridized carbons (Fsp3) is 0.250. The van der Waals surface area contributed by atoms with Gasteiger partial charge in [0.15, 0.2) is 0 Å². The molecule has 0 saturated carbocycles. The molecule has 0 spiro atoms. The number of nitrogens with one attached hydrogen (secondary N) is 1. The topological polar surface area (TPSA) is 21.3 Å². The Morgan fingerprint density at radius 1 is 1.05 bits per heavy atom. The maximum absolute atomic E-state index is 13.6. The van der Waals surface area contributed by atoms with Crippen LogP contribution in [0, 0.1) is 5.82 Å². The molecule has 112 valence electrons. The van der Waals surface area contributed by atoms with E-state index in [0.29, 0.717) is 12.1 Å². The van der Waals surface area contributed by atoms with Crippen LogP contribution >= 0.6 is 0 Å². The lowest BCUT2D eigenvalue weighted by molar-refractivity contribution is -0.0498. The maximum atomic E-state index is 13.6. The maximum Gasteiger partial charge on any atom is 0.387 e. The molecule has 0 unspecified atom stereocenters. The Kier molecular flexibility index (Phi) is 5.22. The fourth-order valence-corrected chi connectivity index (χ4v) is 2.00. The Morgan fingerprint density at radius 3 is 2.33 bits per heavy atom. The number of alkyl halides is 2. The molecule has 0 aromatic heterocycles. The molecule has 0 fully saturated rings. The molecule has 0 amide bonds. The van der Waals surface area contributed by atoms with Crippen molar-refractivity contribution in [2.75, 3.05) is 0 Å². The van der Waals surface area contributed by atoms with Crippen LogP contribution in [0.3, 0.4) is 0 Å². The van der Waals surface area contributed by atoms with Crippen molar-refractivity contribution in [2.24, 2.45) is 0 Å². The van der Waals surface area contributed by atoms with Gasteiger partial charge >= 0.3 is 6.61 Å². The molecule has 2 nitrogen and oxygen atoms in total. The van der Waals surface area contributed by atoms with Gasteiger partial charge in [0.05, 0.1) is 0 Å². The summed E-state index contributed by atoms with van der Waals surface area (Å²) in [7, 11) is 0. The first-order valence-electron chi connectivity index (χ1n) is 6.58. The van der Waals surface area contributed by atoms with Crippen LogP contribution in [0.2, 0.25) is 0 Å². The molecule has 0 bridgehead atoms. The molecule has 5 heteroatoms. The van der Waals surface area contributed by atoms with Crippen molar-refractivity contribution in [1.82, 2.24) is 5.32 Å². The summed E-state index contributed by atoms with van der Waals surface area (Å²) in [5.41, 5.74) is 1.50. The monoisotopic (exact) mass is 295 g/mol.